The van der Waals surface area contributed by atoms with E-state index < -0.39 is 10.0 Å². The lowest BCUT2D eigenvalue weighted by molar-refractivity contribution is 0.337. The molecule has 0 atom stereocenters. The van der Waals surface area contributed by atoms with Gasteiger partial charge in [0.1, 0.15) is 5.75 Å². The summed E-state index contributed by atoms with van der Waals surface area (Å²) >= 11 is 0. The Hall–Kier alpha value is -2.00. The quantitative estimate of drug-likeness (QED) is 0.798. The minimum Gasteiger partial charge on any atom is -0.494 e. The molecule has 0 aliphatic rings. The Morgan fingerprint density at radius 3 is 2.80 bits per heavy atom. The molecule has 1 aromatic heterocycles. The molecule has 8 nitrogen and oxygen atoms in total. The van der Waals surface area contributed by atoms with Gasteiger partial charge in [-0.2, -0.15) is 5.21 Å². The fourth-order valence-electron chi connectivity index (χ4n) is 1.61. The summed E-state index contributed by atoms with van der Waals surface area (Å²) in [6.45, 7) is 4.17. The van der Waals surface area contributed by atoms with E-state index in [0.717, 1.165) is 5.56 Å². The summed E-state index contributed by atoms with van der Waals surface area (Å²) in [5.41, 5.74) is 0.759. The van der Waals surface area contributed by atoms with Crippen LogP contribution in [0.1, 0.15) is 18.3 Å². The number of tetrazole rings is 1. The van der Waals surface area contributed by atoms with Crippen molar-refractivity contribution in [3.63, 3.8) is 0 Å². The second-order valence-electron chi connectivity index (χ2n) is 4.01. The highest BCUT2D eigenvalue weighted by Crippen LogP contribution is 2.21. The van der Waals surface area contributed by atoms with Gasteiger partial charge < -0.3 is 4.74 Å². The van der Waals surface area contributed by atoms with E-state index in [2.05, 4.69) is 25.3 Å². The number of rotatable bonds is 6. The molecule has 20 heavy (non-hydrogen) atoms. The van der Waals surface area contributed by atoms with Crippen LogP contribution >= 0.6 is 0 Å². The first-order valence-electron chi connectivity index (χ1n) is 5.98. The van der Waals surface area contributed by atoms with Crippen LogP contribution < -0.4 is 9.46 Å². The first-order chi connectivity index (χ1) is 9.53. The number of benzene rings is 1. The maximum atomic E-state index is 12.1. The van der Waals surface area contributed by atoms with Crippen LogP contribution in [0.15, 0.2) is 23.1 Å². The molecule has 0 fully saturated rings. The van der Waals surface area contributed by atoms with Crippen molar-refractivity contribution in [2.45, 2.75) is 25.3 Å². The number of aromatic nitrogens is 4. The molecule has 0 aliphatic heterocycles. The van der Waals surface area contributed by atoms with Gasteiger partial charge in [0.25, 0.3) is 0 Å². The maximum absolute atomic E-state index is 12.1. The molecule has 108 valence electrons. The number of sulfonamides is 1. The fraction of sp³-hybridized carbons (Fsp3) is 0.364. The van der Waals surface area contributed by atoms with Gasteiger partial charge in [-0.05, 0) is 37.6 Å². The second-order valence-corrected chi connectivity index (χ2v) is 5.78. The third-order valence-electron chi connectivity index (χ3n) is 2.57. The Labute approximate surface area is 116 Å². The van der Waals surface area contributed by atoms with Gasteiger partial charge in [0.15, 0.2) is 5.82 Å². The zero-order chi connectivity index (χ0) is 14.6. The Kier molecular flexibility index (Phi) is 4.30. The van der Waals surface area contributed by atoms with Gasteiger partial charge in [0.2, 0.25) is 10.0 Å². The van der Waals surface area contributed by atoms with E-state index in [-0.39, 0.29) is 17.3 Å². The Bertz CT molecular complexity index is 669. The largest absolute Gasteiger partial charge is 0.494 e. The van der Waals surface area contributed by atoms with Crippen molar-refractivity contribution in [3.05, 3.63) is 29.6 Å². The van der Waals surface area contributed by atoms with E-state index in [9.17, 15) is 8.42 Å². The van der Waals surface area contributed by atoms with E-state index in [1.54, 1.807) is 19.1 Å². The number of hydrogen-bond donors (Lipinski definition) is 2. The minimum atomic E-state index is -3.62. The lowest BCUT2D eigenvalue weighted by Gasteiger charge is -2.10. The second kappa shape index (κ2) is 5.97. The molecule has 1 aromatic carbocycles. The van der Waals surface area contributed by atoms with Gasteiger partial charge in [-0.1, -0.05) is 5.21 Å². The Balaban J connectivity index is 2.14. The average Bonchev–Trinajstić information content (AvgIpc) is 2.92. The SMILES string of the molecule is CCOc1ccc(S(=O)(=O)NCc2nn[nH]n2)cc1C. The monoisotopic (exact) mass is 297 g/mol. The van der Waals surface area contributed by atoms with Crippen molar-refractivity contribution in [3.8, 4) is 5.75 Å². The number of aryl methyl sites for hydroxylation is 1. The van der Waals surface area contributed by atoms with Gasteiger partial charge in [0, 0.05) is 0 Å². The lowest BCUT2D eigenvalue weighted by atomic mass is 10.2. The summed E-state index contributed by atoms with van der Waals surface area (Å²) in [6.07, 6.45) is 0. The average molecular weight is 297 g/mol. The van der Waals surface area contributed by atoms with Crippen LogP contribution in [-0.4, -0.2) is 35.6 Å². The van der Waals surface area contributed by atoms with Gasteiger partial charge in [-0.25, -0.2) is 13.1 Å². The van der Waals surface area contributed by atoms with Gasteiger partial charge in [-0.3, -0.25) is 0 Å². The first-order valence-corrected chi connectivity index (χ1v) is 7.46. The molecule has 0 saturated carbocycles. The lowest BCUT2D eigenvalue weighted by Crippen LogP contribution is -2.24. The molecule has 9 heteroatoms. The molecule has 0 bridgehead atoms. The maximum Gasteiger partial charge on any atom is 0.240 e. The number of nitrogens with one attached hydrogen (secondary N) is 2. The normalized spacial score (nSPS) is 11.5. The molecule has 0 radical (unpaired) electrons. The van der Waals surface area contributed by atoms with Crippen LogP contribution in [0, 0.1) is 6.92 Å². The van der Waals surface area contributed by atoms with Crippen molar-refractivity contribution < 1.29 is 13.2 Å². The summed E-state index contributed by atoms with van der Waals surface area (Å²) in [7, 11) is -3.62. The number of ether oxygens (including phenoxy) is 1. The van der Waals surface area contributed by atoms with Crippen molar-refractivity contribution in [1.82, 2.24) is 25.3 Å². The van der Waals surface area contributed by atoms with Crippen molar-refractivity contribution >= 4 is 10.0 Å². The molecule has 2 rings (SSSR count). The molecule has 0 spiro atoms. The molecular formula is C11H15N5O3S. The summed E-state index contributed by atoms with van der Waals surface area (Å²) < 4.78 is 32.0. The zero-order valence-corrected chi connectivity index (χ0v) is 11.9. The van der Waals surface area contributed by atoms with Crippen LogP contribution in [0.5, 0.6) is 5.75 Å². The zero-order valence-electron chi connectivity index (χ0n) is 11.1. The summed E-state index contributed by atoms with van der Waals surface area (Å²) in [5, 5.41) is 13.0. The van der Waals surface area contributed by atoms with E-state index in [1.807, 2.05) is 6.92 Å². The number of nitrogens with zero attached hydrogens (tertiary/aromatic N) is 3. The highest BCUT2D eigenvalue weighted by Gasteiger charge is 2.16. The predicted octanol–water partition coefficient (Wildman–Crippen LogP) is 0.385. The third-order valence-corrected chi connectivity index (χ3v) is 3.96. The van der Waals surface area contributed by atoms with Crippen LogP contribution in [-0.2, 0) is 16.6 Å². The fourth-order valence-corrected chi connectivity index (χ4v) is 2.67. The molecule has 0 aliphatic carbocycles. The van der Waals surface area contributed by atoms with Crippen molar-refractivity contribution in [2.75, 3.05) is 6.61 Å². The van der Waals surface area contributed by atoms with Crippen LogP contribution in [0.3, 0.4) is 0 Å². The van der Waals surface area contributed by atoms with Gasteiger partial charge in [0.05, 0.1) is 18.0 Å². The third kappa shape index (κ3) is 3.31. The molecule has 2 N–H and O–H groups in total. The molecule has 0 unspecified atom stereocenters. The molecular weight excluding hydrogens is 282 g/mol. The Morgan fingerprint density at radius 1 is 1.40 bits per heavy atom. The summed E-state index contributed by atoms with van der Waals surface area (Å²) in [4.78, 5) is 0.168. The van der Waals surface area contributed by atoms with Crippen LogP contribution in [0.4, 0.5) is 0 Å². The van der Waals surface area contributed by atoms with Gasteiger partial charge >= 0.3 is 0 Å². The van der Waals surface area contributed by atoms with E-state index in [1.165, 1.54) is 6.07 Å². The highest BCUT2D eigenvalue weighted by atomic mass is 32.2. The van der Waals surface area contributed by atoms with Crippen molar-refractivity contribution in [2.24, 2.45) is 0 Å². The number of aromatic amines is 1. The number of hydrogen-bond acceptors (Lipinski definition) is 6. The smallest absolute Gasteiger partial charge is 0.240 e. The molecule has 2 aromatic rings. The van der Waals surface area contributed by atoms with Crippen LogP contribution in [0.25, 0.3) is 0 Å². The van der Waals surface area contributed by atoms with E-state index in [4.69, 9.17) is 4.74 Å². The molecule has 0 saturated heterocycles. The summed E-state index contributed by atoms with van der Waals surface area (Å²) in [6, 6.07) is 4.70. The van der Waals surface area contributed by atoms with Crippen molar-refractivity contribution in [1.29, 1.82) is 0 Å². The summed E-state index contributed by atoms with van der Waals surface area (Å²) in [5.74, 6) is 0.945. The van der Waals surface area contributed by atoms with Crippen LogP contribution in [0.2, 0.25) is 0 Å². The number of H-pyrrole nitrogens is 1. The predicted molar refractivity (Wildman–Crippen MR) is 70.6 cm³/mol. The van der Waals surface area contributed by atoms with E-state index >= 15 is 0 Å². The Morgan fingerprint density at radius 2 is 2.20 bits per heavy atom. The molecule has 0 amide bonds. The first kappa shape index (κ1) is 14.4. The highest BCUT2D eigenvalue weighted by molar-refractivity contribution is 7.89. The minimum absolute atomic E-state index is 0.0227. The van der Waals surface area contributed by atoms with E-state index in [0.29, 0.717) is 12.4 Å². The molecule has 1 heterocycles. The van der Waals surface area contributed by atoms with Gasteiger partial charge in [-0.15, -0.1) is 10.2 Å². The topological polar surface area (TPSA) is 110 Å². The standard InChI is InChI=1S/C11H15N5O3S/c1-3-19-10-5-4-9(6-8(10)2)20(17,18)12-7-11-13-15-16-14-11/h4-6,12H,3,7H2,1-2H3,(H,13,14,15,16).